The maximum Gasteiger partial charge on any atom is 0.334 e. The van der Waals surface area contributed by atoms with Gasteiger partial charge in [0.1, 0.15) is 6.61 Å². The molecular formula is C11H11NO5. The zero-order valence-corrected chi connectivity index (χ0v) is 9.12. The first-order valence-electron chi connectivity index (χ1n) is 4.76. The molecule has 17 heavy (non-hydrogen) atoms. The topological polar surface area (TPSA) is 89.7 Å². The van der Waals surface area contributed by atoms with E-state index < -0.39 is 10.9 Å². The molecule has 0 aliphatic rings. The lowest BCUT2D eigenvalue weighted by Crippen LogP contribution is -2.02. The Labute approximate surface area is 97.3 Å². The second kappa shape index (κ2) is 5.64. The average molecular weight is 237 g/mol. The number of hydrogen-bond acceptors (Lipinski definition) is 5. The Morgan fingerprint density at radius 2 is 2.29 bits per heavy atom. The summed E-state index contributed by atoms with van der Waals surface area (Å²) in [5.41, 5.74) is 0.448. The van der Waals surface area contributed by atoms with E-state index in [0.717, 1.165) is 6.08 Å². The van der Waals surface area contributed by atoms with E-state index in [1.807, 2.05) is 0 Å². The van der Waals surface area contributed by atoms with Gasteiger partial charge < -0.3 is 9.84 Å². The number of aliphatic hydroxyl groups excluding tert-OH is 1. The lowest BCUT2D eigenvalue weighted by Gasteiger charge is -2.02. The van der Waals surface area contributed by atoms with Crippen molar-refractivity contribution in [1.82, 2.24) is 0 Å². The van der Waals surface area contributed by atoms with Crippen LogP contribution in [-0.4, -0.2) is 16.0 Å². The molecule has 1 aromatic rings. The van der Waals surface area contributed by atoms with Gasteiger partial charge in [0.2, 0.25) is 0 Å². The fourth-order valence-corrected chi connectivity index (χ4v) is 1.13. The van der Waals surface area contributed by atoms with Gasteiger partial charge in [0.15, 0.2) is 0 Å². The molecule has 90 valence electrons. The fourth-order valence-electron chi connectivity index (χ4n) is 1.13. The third kappa shape index (κ3) is 4.33. The summed E-state index contributed by atoms with van der Waals surface area (Å²) in [5, 5.41) is 19.3. The fraction of sp³-hybridized carbons (Fsp3) is 0.182. The van der Waals surface area contributed by atoms with Gasteiger partial charge in [0, 0.05) is 12.1 Å². The Bertz CT molecular complexity index is 463. The van der Waals surface area contributed by atoms with Crippen molar-refractivity contribution in [2.45, 2.75) is 13.5 Å². The number of nitro benzene ring substituents is 1. The van der Waals surface area contributed by atoms with Crippen LogP contribution in [-0.2, 0) is 16.1 Å². The van der Waals surface area contributed by atoms with E-state index in [1.54, 1.807) is 6.07 Å². The lowest BCUT2D eigenvalue weighted by atomic mass is 10.2. The predicted molar refractivity (Wildman–Crippen MR) is 59.3 cm³/mol. The number of hydrogen-bond donors (Lipinski definition) is 1. The van der Waals surface area contributed by atoms with Gasteiger partial charge in [-0.1, -0.05) is 12.1 Å². The van der Waals surface area contributed by atoms with Crippen molar-refractivity contribution in [1.29, 1.82) is 0 Å². The van der Waals surface area contributed by atoms with Gasteiger partial charge in [-0.15, -0.1) is 0 Å². The van der Waals surface area contributed by atoms with Gasteiger partial charge in [0.25, 0.3) is 5.69 Å². The third-order valence-electron chi connectivity index (χ3n) is 1.83. The van der Waals surface area contributed by atoms with Crippen molar-refractivity contribution >= 4 is 11.7 Å². The van der Waals surface area contributed by atoms with Gasteiger partial charge in [-0.3, -0.25) is 10.1 Å². The molecule has 0 saturated heterocycles. The Balaban J connectivity index is 2.64. The Kier molecular flexibility index (Phi) is 4.21. The molecule has 0 aliphatic carbocycles. The number of benzene rings is 1. The molecule has 0 bridgehead atoms. The summed E-state index contributed by atoms with van der Waals surface area (Å²) >= 11 is 0. The monoisotopic (exact) mass is 237 g/mol. The lowest BCUT2D eigenvalue weighted by molar-refractivity contribution is -0.384. The summed E-state index contributed by atoms with van der Waals surface area (Å²) in [5.74, 6) is -0.856. The van der Waals surface area contributed by atoms with Gasteiger partial charge in [0.05, 0.1) is 16.8 Å². The summed E-state index contributed by atoms with van der Waals surface area (Å²) < 4.78 is 4.78. The van der Waals surface area contributed by atoms with Crippen LogP contribution in [0.5, 0.6) is 0 Å². The number of nitro groups is 1. The minimum Gasteiger partial charge on any atom is -0.512 e. The van der Waals surface area contributed by atoms with Crippen molar-refractivity contribution in [2.24, 2.45) is 0 Å². The van der Waals surface area contributed by atoms with Crippen molar-refractivity contribution in [3.8, 4) is 0 Å². The highest BCUT2D eigenvalue weighted by Crippen LogP contribution is 2.13. The van der Waals surface area contributed by atoms with Crippen molar-refractivity contribution in [3.63, 3.8) is 0 Å². The van der Waals surface area contributed by atoms with Crippen LogP contribution in [0, 0.1) is 10.1 Å². The minimum absolute atomic E-state index is 0.0626. The van der Waals surface area contributed by atoms with Gasteiger partial charge in [-0.2, -0.15) is 0 Å². The first kappa shape index (κ1) is 12.7. The number of ether oxygens (including phenoxy) is 1. The minimum atomic E-state index is -0.698. The van der Waals surface area contributed by atoms with Crippen LogP contribution in [0.3, 0.4) is 0 Å². The normalized spacial score (nSPS) is 11.0. The maximum absolute atomic E-state index is 11.1. The molecule has 0 radical (unpaired) electrons. The molecule has 0 unspecified atom stereocenters. The van der Waals surface area contributed by atoms with E-state index in [-0.39, 0.29) is 18.1 Å². The number of esters is 1. The van der Waals surface area contributed by atoms with Crippen LogP contribution in [0.15, 0.2) is 36.1 Å². The molecule has 1 rings (SSSR count). The predicted octanol–water partition coefficient (Wildman–Crippen LogP) is 2.10. The van der Waals surface area contributed by atoms with Crippen LogP contribution in [0.2, 0.25) is 0 Å². The first-order valence-corrected chi connectivity index (χ1v) is 4.76. The standard InChI is InChI=1S/C11H11NO5/c1-8(13)5-11(14)17-7-9-3-2-4-10(6-9)12(15)16/h2-6,13H,7H2,1H3/b8-5-. The molecule has 1 N–H and O–H groups in total. The summed E-state index contributed by atoms with van der Waals surface area (Å²) in [6.45, 7) is 1.26. The highest BCUT2D eigenvalue weighted by Gasteiger charge is 2.06. The van der Waals surface area contributed by atoms with Crippen LogP contribution >= 0.6 is 0 Å². The quantitative estimate of drug-likeness (QED) is 0.285. The third-order valence-corrected chi connectivity index (χ3v) is 1.83. The molecule has 0 aliphatic heterocycles. The molecule has 6 nitrogen and oxygen atoms in total. The van der Waals surface area contributed by atoms with Crippen LogP contribution in [0.1, 0.15) is 12.5 Å². The molecule has 0 saturated carbocycles. The second-order valence-electron chi connectivity index (χ2n) is 3.32. The summed E-state index contributed by atoms with van der Waals surface area (Å²) in [4.78, 5) is 21.0. The van der Waals surface area contributed by atoms with Gasteiger partial charge >= 0.3 is 5.97 Å². The van der Waals surface area contributed by atoms with E-state index in [0.29, 0.717) is 5.56 Å². The number of aliphatic hydroxyl groups is 1. The molecule has 6 heteroatoms. The van der Waals surface area contributed by atoms with Crippen molar-refractivity contribution in [3.05, 3.63) is 51.8 Å². The van der Waals surface area contributed by atoms with E-state index in [2.05, 4.69) is 0 Å². The second-order valence-corrected chi connectivity index (χ2v) is 3.32. The number of non-ortho nitro benzene ring substituents is 1. The van der Waals surface area contributed by atoms with Crippen molar-refractivity contribution in [2.75, 3.05) is 0 Å². The van der Waals surface area contributed by atoms with E-state index in [4.69, 9.17) is 9.84 Å². The SMILES string of the molecule is C/C(O)=C/C(=O)OCc1cccc([N+](=O)[O-])c1. The number of carbonyl (C=O) groups excluding carboxylic acids is 1. The molecule has 0 heterocycles. The zero-order valence-electron chi connectivity index (χ0n) is 9.12. The van der Waals surface area contributed by atoms with Gasteiger partial charge in [-0.25, -0.2) is 4.79 Å². The Morgan fingerprint density at radius 1 is 1.59 bits per heavy atom. The zero-order chi connectivity index (χ0) is 12.8. The van der Waals surface area contributed by atoms with Crippen molar-refractivity contribution < 1.29 is 19.6 Å². The maximum atomic E-state index is 11.1. The molecule has 0 atom stereocenters. The molecule has 0 spiro atoms. The average Bonchev–Trinajstić information content (AvgIpc) is 2.26. The van der Waals surface area contributed by atoms with E-state index >= 15 is 0 Å². The summed E-state index contributed by atoms with van der Waals surface area (Å²) in [6, 6.07) is 5.79. The van der Waals surface area contributed by atoms with E-state index in [1.165, 1.54) is 25.1 Å². The number of carbonyl (C=O) groups is 1. The van der Waals surface area contributed by atoms with Crippen LogP contribution < -0.4 is 0 Å². The smallest absolute Gasteiger partial charge is 0.334 e. The first-order chi connectivity index (χ1) is 7.99. The number of nitrogens with zero attached hydrogens (tertiary/aromatic N) is 1. The molecule has 1 aromatic carbocycles. The Morgan fingerprint density at radius 3 is 2.88 bits per heavy atom. The highest BCUT2D eigenvalue weighted by molar-refractivity contribution is 5.82. The number of rotatable bonds is 4. The molecule has 0 fully saturated rings. The molecule has 0 aromatic heterocycles. The highest BCUT2D eigenvalue weighted by atomic mass is 16.6. The summed E-state index contributed by atoms with van der Waals surface area (Å²) in [7, 11) is 0. The van der Waals surface area contributed by atoms with Gasteiger partial charge in [-0.05, 0) is 12.5 Å². The van der Waals surface area contributed by atoms with Crippen LogP contribution in [0.25, 0.3) is 0 Å². The molecular weight excluding hydrogens is 226 g/mol. The Hall–Kier alpha value is -2.37. The largest absolute Gasteiger partial charge is 0.512 e. The molecule has 0 amide bonds. The van der Waals surface area contributed by atoms with Crippen LogP contribution in [0.4, 0.5) is 5.69 Å². The van der Waals surface area contributed by atoms with E-state index in [9.17, 15) is 14.9 Å². The summed E-state index contributed by atoms with van der Waals surface area (Å²) in [6.07, 6.45) is 0.928. The number of allylic oxidation sites excluding steroid dienone is 1.